The Labute approximate surface area is 296 Å². The van der Waals surface area contributed by atoms with Gasteiger partial charge >= 0.3 is 0 Å². The molecule has 0 saturated carbocycles. The summed E-state index contributed by atoms with van der Waals surface area (Å²) in [5.74, 6) is 0.614. The van der Waals surface area contributed by atoms with Gasteiger partial charge in [0.15, 0.2) is 5.58 Å². The first kappa shape index (κ1) is 27.7. The topological polar surface area (TPSA) is 43.9 Å². The van der Waals surface area contributed by atoms with Crippen LogP contribution in [0.15, 0.2) is 168 Å². The van der Waals surface area contributed by atoms with Gasteiger partial charge in [0.2, 0.25) is 5.95 Å². The predicted molar refractivity (Wildman–Crippen MR) is 217 cm³/mol. The van der Waals surface area contributed by atoms with Crippen LogP contribution in [0.5, 0.6) is 0 Å². The molecule has 0 saturated heterocycles. The van der Waals surface area contributed by atoms with E-state index in [-0.39, 0.29) is 0 Å². The quantitative estimate of drug-likeness (QED) is 0.173. The normalized spacial score (nSPS) is 12.2. The first-order chi connectivity index (χ1) is 25.8. The second-order valence-corrected chi connectivity index (χ2v) is 13.7. The van der Waals surface area contributed by atoms with E-state index in [4.69, 9.17) is 14.4 Å². The molecule has 52 heavy (non-hydrogen) atoms. The largest absolute Gasteiger partial charge is 0.452 e. The monoisotopic (exact) mass is 661 g/mol. The van der Waals surface area contributed by atoms with Gasteiger partial charge < -0.3 is 4.42 Å². The Morgan fingerprint density at radius 3 is 1.83 bits per heavy atom. The van der Waals surface area contributed by atoms with E-state index in [1.807, 2.05) is 18.2 Å². The van der Waals surface area contributed by atoms with Crippen LogP contribution in [0.3, 0.4) is 0 Å². The highest BCUT2D eigenvalue weighted by atomic mass is 16.3. The fourth-order valence-electron chi connectivity index (χ4n) is 8.68. The molecule has 4 heteroatoms. The van der Waals surface area contributed by atoms with E-state index < -0.39 is 0 Å². The zero-order chi connectivity index (χ0) is 33.9. The molecule has 0 N–H and O–H groups in total. The zero-order valence-electron chi connectivity index (χ0n) is 27.8. The van der Waals surface area contributed by atoms with Gasteiger partial charge in [0.05, 0.1) is 11.0 Å². The molecule has 12 rings (SSSR count). The van der Waals surface area contributed by atoms with Crippen molar-refractivity contribution in [2.45, 2.75) is 0 Å². The Bertz CT molecular complexity index is 3440. The van der Waals surface area contributed by atoms with Crippen molar-refractivity contribution in [3.8, 4) is 17.2 Å². The first-order valence-corrected chi connectivity index (χ1v) is 17.7. The van der Waals surface area contributed by atoms with E-state index >= 15 is 0 Å². The van der Waals surface area contributed by atoms with Crippen molar-refractivity contribution in [3.05, 3.63) is 164 Å². The van der Waals surface area contributed by atoms with E-state index in [0.717, 1.165) is 49.5 Å². The number of benzene rings is 9. The van der Waals surface area contributed by atoms with Gasteiger partial charge in [-0.15, -0.1) is 0 Å². The van der Waals surface area contributed by atoms with Crippen molar-refractivity contribution in [1.29, 1.82) is 0 Å². The van der Waals surface area contributed by atoms with Crippen molar-refractivity contribution in [1.82, 2.24) is 14.5 Å². The van der Waals surface area contributed by atoms with Crippen LogP contribution in [0.2, 0.25) is 0 Å². The SMILES string of the molecule is c1ccc2cc(-c3nc(-n4c5ccc6c7ccccc7c7ccccc7c6c5c5ccc6ccccc6c54)nc4c3oc3ccccc34)ccc2c1. The number of rotatable bonds is 2. The molecule has 0 amide bonds. The van der Waals surface area contributed by atoms with Crippen LogP contribution < -0.4 is 0 Å². The fourth-order valence-corrected chi connectivity index (χ4v) is 8.68. The number of nitrogens with zero attached hydrogens (tertiary/aromatic N) is 3. The van der Waals surface area contributed by atoms with Crippen LogP contribution in [0.25, 0.3) is 115 Å². The lowest BCUT2D eigenvalue weighted by Gasteiger charge is -2.13. The van der Waals surface area contributed by atoms with Gasteiger partial charge in [-0.25, -0.2) is 9.97 Å². The maximum atomic E-state index is 6.58. The summed E-state index contributed by atoms with van der Waals surface area (Å²) in [4.78, 5) is 10.9. The Balaban J connectivity index is 1.30. The number of hydrogen-bond acceptors (Lipinski definition) is 3. The number of aromatic nitrogens is 3. The molecule has 0 aliphatic carbocycles. The molecule has 0 bridgehead atoms. The van der Waals surface area contributed by atoms with Crippen LogP contribution in [-0.4, -0.2) is 14.5 Å². The lowest BCUT2D eigenvalue weighted by molar-refractivity contribution is 0.666. The van der Waals surface area contributed by atoms with Crippen LogP contribution in [0, 0.1) is 0 Å². The third kappa shape index (κ3) is 3.70. The predicted octanol–water partition coefficient (Wildman–Crippen LogP) is 12.9. The molecule has 0 aliphatic rings. The average molecular weight is 662 g/mol. The van der Waals surface area contributed by atoms with Crippen LogP contribution in [0.1, 0.15) is 0 Å². The second-order valence-electron chi connectivity index (χ2n) is 13.7. The molecule has 9 aromatic carbocycles. The maximum absolute atomic E-state index is 6.58. The van der Waals surface area contributed by atoms with Crippen molar-refractivity contribution in [2.24, 2.45) is 0 Å². The molecule has 12 aromatic rings. The third-order valence-electron chi connectivity index (χ3n) is 11.0. The Kier molecular flexibility index (Phi) is 5.47. The molecule has 0 aliphatic heterocycles. The minimum Gasteiger partial charge on any atom is -0.452 e. The third-order valence-corrected chi connectivity index (χ3v) is 11.0. The first-order valence-electron chi connectivity index (χ1n) is 17.7. The standard InChI is InChI=1S/C48H27N3O/c1-2-13-30-27-31(22-21-28(30)11-1)44-47-45(38-19-9-10-20-41(38)52-47)50-48(49-44)51-40-26-25-37-35-17-6-5-15-33(35)34-16-7-8-18-36(34)42(37)43(40)39-24-23-29-12-3-4-14-32(29)46(39)51/h1-27H. The lowest BCUT2D eigenvalue weighted by Crippen LogP contribution is -2.03. The number of para-hydroxylation sites is 1. The van der Waals surface area contributed by atoms with Crippen molar-refractivity contribution >= 4 is 97.7 Å². The minimum atomic E-state index is 0.614. The summed E-state index contributed by atoms with van der Waals surface area (Å²) in [6.45, 7) is 0. The van der Waals surface area contributed by atoms with Crippen molar-refractivity contribution < 1.29 is 4.42 Å². The molecule has 0 atom stereocenters. The Hall–Kier alpha value is -7.04. The maximum Gasteiger partial charge on any atom is 0.236 e. The Morgan fingerprint density at radius 1 is 0.423 bits per heavy atom. The van der Waals surface area contributed by atoms with Gasteiger partial charge in [-0.1, -0.05) is 140 Å². The van der Waals surface area contributed by atoms with E-state index in [1.54, 1.807) is 0 Å². The number of fused-ring (bicyclic) bond motifs is 16. The van der Waals surface area contributed by atoms with E-state index in [0.29, 0.717) is 11.5 Å². The molecular weight excluding hydrogens is 635 g/mol. The molecule has 0 spiro atoms. The summed E-state index contributed by atoms with van der Waals surface area (Å²) in [5, 5.41) is 15.5. The molecule has 0 radical (unpaired) electrons. The molecule has 240 valence electrons. The smallest absolute Gasteiger partial charge is 0.236 e. The van der Waals surface area contributed by atoms with E-state index in [9.17, 15) is 0 Å². The summed E-state index contributed by atoms with van der Waals surface area (Å²) < 4.78 is 8.87. The van der Waals surface area contributed by atoms with Gasteiger partial charge in [-0.3, -0.25) is 4.57 Å². The van der Waals surface area contributed by atoms with E-state index in [2.05, 4.69) is 150 Å². The molecule has 0 fully saturated rings. The minimum absolute atomic E-state index is 0.614. The van der Waals surface area contributed by atoms with Crippen molar-refractivity contribution in [3.63, 3.8) is 0 Å². The van der Waals surface area contributed by atoms with Gasteiger partial charge in [-0.2, -0.15) is 0 Å². The summed E-state index contributed by atoms with van der Waals surface area (Å²) in [7, 11) is 0. The average Bonchev–Trinajstić information content (AvgIpc) is 3.76. The highest BCUT2D eigenvalue weighted by molar-refractivity contribution is 6.36. The van der Waals surface area contributed by atoms with Crippen molar-refractivity contribution in [2.75, 3.05) is 0 Å². The molecular formula is C48H27N3O. The summed E-state index contributed by atoms with van der Waals surface area (Å²) in [5.41, 5.74) is 6.20. The molecule has 3 heterocycles. The zero-order valence-corrected chi connectivity index (χ0v) is 27.8. The van der Waals surface area contributed by atoms with Crippen LogP contribution >= 0.6 is 0 Å². The highest BCUT2D eigenvalue weighted by Gasteiger charge is 2.24. The van der Waals surface area contributed by atoms with Gasteiger partial charge in [-0.05, 0) is 67.4 Å². The fraction of sp³-hybridized carbons (Fsp3) is 0. The van der Waals surface area contributed by atoms with Gasteiger partial charge in [0.1, 0.15) is 16.8 Å². The Morgan fingerprint density at radius 2 is 1.02 bits per heavy atom. The van der Waals surface area contributed by atoms with Gasteiger partial charge in [0, 0.05) is 32.5 Å². The van der Waals surface area contributed by atoms with E-state index in [1.165, 1.54) is 53.9 Å². The molecule has 4 nitrogen and oxygen atoms in total. The summed E-state index contributed by atoms with van der Waals surface area (Å²) in [6.07, 6.45) is 0. The highest BCUT2D eigenvalue weighted by Crippen LogP contribution is 2.45. The number of furan rings is 1. The van der Waals surface area contributed by atoms with Crippen LogP contribution in [0.4, 0.5) is 0 Å². The number of hydrogen-bond donors (Lipinski definition) is 0. The summed E-state index contributed by atoms with van der Waals surface area (Å²) >= 11 is 0. The van der Waals surface area contributed by atoms with Crippen LogP contribution in [-0.2, 0) is 0 Å². The van der Waals surface area contributed by atoms with Gasteiger partial charge in [0.25, 0.3) is 0 Å². The lowest BCUT2D eigenvalue weighted by atomic mass is 9.91. The summed E-state index contributed by atoms with van der Waals surface area (Å²) in [6, 6.07) is 58.4. The molecule has 3 aromatic heterocycles. The second kappa shape index (κ2) is 10.3. The molecule has 0 unspecified atom stereocenters.